The number of ether oxygens (including phenoxy) is 3. The topological polar surface area (TPSA) is 167 Å². The molecule has 3 aliphatic heterocycles. The van der Waals surface area contributed by atoms with E-state index < -0.39 is 5.41 Å². The summed E-state index contributed by atoms with van der Waals surface area (Å²) < 4.78 is 26.6. The van der Waals surface area contributed by atoms with Crippen molar-refractivity contribution >= 4 is 22.2 Å². The Morgan fingerprint density at radius 3 is 2.86 bits per heavy atom. The first-order valence-electron chi connectivity index (χ1n) is 17.7. The van der Waals surface area contributed by atoms with Crippen LogP contribution in [0.3, 0.4) is 0 Å². The summed E-state index contributed by atoms with van der Waals surface area (Å²) in [5.74, 6) is 1.47. The third-order valence-electron chi connectivity index (χ3n) is 11.3. The molecular formula is C36H40N8O5S. The minimum Gasteiger partial charge on any atom is -0.483 e. The van der Waals surface area contributed by atoms with Crippen LogP contribution in [0.25, 0.3) is 17.1 Å². The quantitative estimate of drug-likeness (QED) is 0.288. The molecule has 14 heteroatoms. The summed E-state index contributed by atoms with van der Waals surface area (Å²) in [7, 11) is 2.13. The van der Waals surface area contributed by atoms with Crippen molar-refractivity contribution < 1.29 is 23.5 Å². The van der Waals surface area contributed by atoms with Crippen LogP contribution in [0, 0.1) is 11.3 Å². The van der Waals surface area contributed by atoms with Gasteiger partial charge in [0.05, 0.1) is 29.3 Å². The van der Waals surface area contributed by atoms with E-state index in [0.29, 0.717) is 58.2 Å². The molecule has 1 amide bonds. The van der Waals surface area contributed by atoms with Crippen molar-refractivity contribution in [3.8, 4) is 34.8 Å². The second-order valence-corrected chi connectivity index (χ2v) is 15.4. The molecule has 0 saturated carbocycles. The fourth-order valence-electron chi connectivity index (χ4n) is 8.94. The Kier molecular flexibility index (Phi) is 7.63. The number of amides is 1. The van der Waals surface area contributed by atoms with E-state index in [-0.39, 0.29) is 30.7 Å². The summed E-state index contributed by atoms with van der Waals surface area (Å²) in [6.07, 6.45) is 8.08. The van der Waals surface area contributed by atoms with E-state index in [9.17, 15) is 10.1 Å². The molecule has 0 radical (unpaired) electrons. The summed E-state index contributed by atoms with van der Waals surface area (Å²) in [4.78, 5) is 21.8. The molecule has 13 nitrogen and oxygen atoms in total. The number of likely N-dealkylation sites (N-methyl/N-ethyl adjacent to an activating group) is 1. The predicted octanol–water partition coefficient (Wildman–Crippen LogP) is 4.67. The molecular weight excluding hydrogens is 657 g/mol. The number of pyridine rings is 1. The number of nitrogens with one attached hydrogen (secondary N) is 1. The van der Waals surface area contributed by atoms with Crippen LogP contribution >= 0.6 is 11.3 Å². The molecule has 4 atom stereocenters. The molecule has 4 aromatic heterocycles. The van der Waals surface area contributed by atoms with Gasteiger partial charge in [0, 0.05) is 29.2 Å². The fourth-order valence-corrected chi connectivity index (χ4v) is 10.1. The number of thiophene rings is 1. The third-order valence-corrected chi connectivity index (χ3v) is 12.4. The van der Waals surface area contributed by atoms with Gasteiger partial charge in [0.2, 0.25) is 5.88 Å². The van der Waals surface area contributed by atoms with Crippen LogP contribution in [-0.2, 0) is 29.6 Å². The predicted molar refractivity (Wildman–Crippen MR) is 184 cm³/mol. The lowest BCUT2D eigenvalue weighted by atomic mass is 9.63. The summed E-state index contributed by atoms with van der Waals surface area (Å²) in [5.41, 5.74) is 11.3. The smallest absolute Gasteiger partial charge is 0.272 e. The second kappa shape index (κ2) is 12.1. The van der Waals surface area contributed by atoms with Gasteiger partial charge in [-0.25, -0.2) is 9.67 Å². The van der Waals surface area contributed by atoms with Gasteiger partial charge in [-0.2, -0.15) is 10.4 Å². The number of nitrogens with two attached hydrogens (primary N) is 1. The number of nitrogens with zero attached hydrogens (tertiary/aromatic N) is 6. The van der Waals surface area contributed by atoms with Crippen molar-refractivity contribution in [3.63, 3.8) is 0 Å². The van der Waals surface area contributed by atoms with E-state index in [2.05, 4.69) is 30.3 Å². The van der Waals surface area contributed by atoms with Gasteiger partial charge < -0.3 is 29.8 Å². The molecule has 4 aromatic rings. The lowest BCUT2D eigenvalue weighted by molar-refractivity contribution is 0.0924. The van der Waals surface area contributed by atoms with Crippen LogP contribution < -0.4 is 20.5 Å². The van der Waals surface area contributed by atoms with Crippen molar-refractivity contribution in [1.29, 1.82) is 5.26 Å². The third kappa shape index (κ3) is 4.92. The number of nitrogen functional groups attached to an aromatic ring is 1. The van der Waals surface area contributed by atoms with Gasteiger partial charge >= 0.3 is 0 Å². The summed E-state index contributed by atoms with van der Waals surface area (Å²) in [6, 6.07) is 6.25. The standard InChI is InChI=1S/C36H40N8O5S/c1-19(25-7-5-12-43(25)2)48-28-15-26-32(47-18-21-14-24(41-44(21)26)35(45)39-20-9-13-46-17-20)31(40-28)30-22-6-3-10-36(33(22)49-42-30)11-4-8-27-29(36)23(16-37)34(38)50-27/h14-15,19-20,25H,3-13,17-18,38H2,1-2H3,(H,39,45)/t19-,20-,25-,36?/m0/s1. The lowest BCUT2D eigenvalue weighted by Crippen LogP contribution is -2.38. The monoisotopic (exact) mass is 696 g/mol. The molecule has 1 spiro atoms. The molecule has 2 fully saturated rings. The minimum absolute atomic E-state index is 0.0348. The van der Waals surface area contributed by atoms with Crippen molar-refractivity contribution in [1.82, 2.24) is 30.1 Å². The van der Waals surface area contributed by atoms with Crippen molar-refractivity contribution in [3.05, 3.63) is 50.8 Å². The maximum Gasteiger partial charge on any atom is 0.272 e. The number of aryl methyl sites for hydroxylation is 1. The second-order valence-electron chi connectivity index (χ2n) is 14.3. The Morgan fingerprint density at radius 2 is 2.08 bits per heavy atom. The van der Waals surface area contributed by atoms with E-state index >= 15 is 0 Å². The van der Waals surface area contributed by atoms with Gasteiger partial charge in [-0.15, -0.1) is 11.3 Å². The number of hydrogen-bond acceptors (Lipinski definition) is 12. The minimum atomic E-state index is -0.468. The highest BCUT2D eigenvalue weighted by molar-refractivity contribution is 7.16. The Morgan fingerprint density at radius 1 is 1.22 bits per heavy atom. The molecule has 2 saturated heterocycles. The Labute approximate surface area is 293 Å². The van der Waals surface area contributed by atoms with Crippen LogP contribution in [0.1, 0.15) is 95.4 Å². The van der Waals surface area contributed by atoms with E-state index in [4.69, 9.17) is 39.7 Å². The Bertz CT molecular complexity index is 2040. The van der Waals surface area contributed by atoms with Crippen LogP contribution in [-0.4, -0.2) is 75.7 Å². The van der Waals surface area contributed by atoms with Crippen LogP contribution in [0.4, 0.5) is 5.00 Å². The number of anilines is 1. The van der Waals surface area contributed by atoms with E-state index in [1.165, 1.54) is 16.2 Å². The maximum atomic E-state index is 13.2. The zero-order valence-corrected chi connectivity index (χ0v) is 29.1. The van der Waals surface area contributed by atoms with Gasteiger partial charge in [-0.05, 0) is 89.9 Å². The van der Waals surface area contributed by atoms with Gasteiger partial charge in [-0.1, -0.05) is 5.16 Å². The first-order chi connectivity index (χ1) is 24.3. The van der Waals surface area contributed by atoms with E-state index in [0.717, 1.165) is 86.9 Å². The molecule has 0 aromatic carbocycles. The number of carbonyl (C=O) groups excluding carboxylic acids is 1. The SMILES string of the molecule is C[C@H](Oc1cc2c(c(-c3noc4c3CCCC43CCCc4sc(N)c(C#N)c43)n1)OCc1cc(C(=O)N[C@H]3CCOC3)nn1-2)[C@@H]1CCCN1C. The number of carbonyl (C=O) groups is 1. The highest BCUT2D eigenvalue weighted by Gasteiger charge is 2.49. The maximum absolute atomic E-state index is 13.2. The van der Waals surface area contributed by atoms with Gasteiger partial charge in [-0.3, -0.25) is 9.69 Å². The first-order valence-corrected chi connectivity index (χ1v) is 18.5. The van der Waals surface area contributed by atoms with Crippen molar-refractivity contribution in [2.45, 2.75) is 94.9 Å². The Hall–Kier alpha value is -4.45. The highest BCUT2D eigenvalue weighted by atomic mass is 32.1. The number of aromatic nitrogens is 4. The molecule has 7 heterocycles. The molecule has 260 valence electrons. The largest absolute Gasteiger partial charge is 0.483 e. The van der Waals surface area contributed by atoms with Gasteiger partial charge in [0.15, 0.2) is 17.2 Å². The van der Waals surface area contributed by atoms with Crippen LogP contribution in [0.5, 0.6) is 11.6 Å². The number of rotatable bonds is 6. The van der Waals surface area contributed by atoms with Gasteiger partial charge in [0.25, 0.3) is 5.91 Å². The zero-order valence-electron chi connectivity index (χ0n) is 28.3. The molecule has 5 aliphatic rings. The van der Waals surface area contributed by atoms with Gasteiger partial charge in [0.1, 0.15) is 40.9 Å². The fraction of sp³-hybridized carbons (Fsp3) is 0.528. The summed E-state index contributed by atoms with van der Waals surface area (Å²) in [6.45, 7) is 4.44. The Balaban J connectivity index is 1.16. The number of nitriles is 1. The molecule has 3 N–H and O–H groups in total. The molecule has 50 heavy (non-hydrogen) atoms. The van der Waals surface area contributed by atoms with E-state index in [1.807, 2.05) is 6.07 Å². The number of fused-ring (bicyclic) bond motifs is 7. The van der Waals surface area contributed by atoms with Crippen molar-refractivity contribution in [2.24, 2.45) is 0 Å². The number of hydrogen-bond donors (Lipinski definition) is 2. The number of likely N-dealkylation sites (tertiary alicyclic amines) is 1. The zero-order chi connectivity index (χ0) is 34.1. The average molecular weight is 697 g/mol. The molecule has 2 aliphatic carbocycles. The first kappa shape index (κ1) is 31.5. The lowest BCUT2D eigenvalue weighted by Gasteiger charge is -2.39. The van der Waals surface area contributed by atoms with Crippen molar-refractivity contribution in [2.75, 3.05) is 32.5 Å². The molecule has 9 rings (SSSR count). The summed E-state index contributed by atoms with van der Waals surface area (Å²) in [5, 5.41) is 23.3. The van der Waals surface area contributed by atoms with Crippen LogP contribution in [0.2, 0.25) is 0 Å². The molecule has 0 bridgehead atoms. The summed E-state index contributed by atoms with van der Waals surface area (Å²) >= 11 is 1.53. The average Bonchev–Trinajstić information content (AvgIpc) is 3.95. The van der Waals surface area contributed by atoms with Crippen LogP contribution in [0.15, 0.2) is 16.7 Å². The highest BCUT2D eigenvalue weighted by Crippen LogP contribution is 2.56. The molecule has 1 unspecified atom stereocenters. The normalized spacial score (nSPS) is 24.5. The van der Waals surface area contributed by atoms with E-state index in [1.54, 1.807) is 10.7 Å².